The molecule has 0 bridgehead atoms. The Kier molecular flexibility index (Phi) is 4.95. The minimum absolute atomic E-state index is 0.191. The van der Waals surface area contributed by atoms with Crippen molar-refractivity contribution in [2.75, 3.05) is 13.1 Å². The van der Waals surface area contributed by atoms with Gasteiger partial charge in [0.15, 0.2) is 0 Å². The van der Waals surface area contributed by atoms with Gasteiger partial charge in [0.05, 0.1) is 0 Å². The lowest BCUT2D eigenvalue weighted by atomic mass is 9.96. The van der Waals surface area contributed by atoms with Crippen LogP contribution in [-0.4, -0.2) is 34.7 Å². The standard InChI is InChI=1S/C18H30N2O/c1-13-6-7-16(17(21)12-13)14(2)19-15-8-10-20(11-9-15)18(3,4)5/h6-7,12,14-15,19,21H,8-11H2,1-5H3. The third kappa shape index (κ3) is 4.21. The van der Waals surface area contributed by atoms with E-state index in [1.54, 1.807) is 0 Å². The molecule has 0 aliphatic carbocycles. The summed E-state index contributed by atoms with van der Waals surface area (Å²) < 4.78 is 0. The zero-order chi connectivity index (χ0) is 15.6. The highest BCUT2D eigenvalue weighted by molar-refractivity contribution is 5.37. The van der Waals surface area contributed by atoms with E-state index in [2.05, 4.69) is 44.0 Å². The molecule has 1 atom stereocenters. The average Bonchev–Trinajstić information content (AvgIpc) is 2.38. The molecule has 1 saturated heterocycles. The first kappa shape index (κ1) is 16.3. The van der Waals surface area contributed by atoms with E-state index < -0.39 is 0 Å². The summed E-state index contributed by atoms with van der Waals surface area (Å²) in [5.74, 6) is 0.405. The normalized spacial score (nSPS) is 19.7. The summed E-state index contributed by atoms with van der Waals surface area (Å²) in [4.78, 5) is 2.55. The molecule has 1 aromatic carbocycles. The Morgan fingerprint density at radius 2 is 1.86 bits per heavy atom. The maximum atomic E-state index is 10.1. The number of aryl methyl sites for hydroxylation is 1. The second kappa shape index (κ2) is 6.37. The van der Waals surface area contributed by atoms with Crippen molar-refractivity contribution < 1.29 is 5.11 Å². The average molecular weight is 290 g/mol. The first-order valence-corrected chi connectivity index (χ1v) is 8.08. The van der Waals surface area contributed by atoms with Gasteiger partial charge in [0, 0.05) is 36.3 Å². The van der Waals surface area contributed by atoms with Gasteiger partial charge in [0.2, 0.25) is 0 Å². The van der Waals surface area contributed by atoms with Gasteiger partial charge >= 0.3 is 0 Å². The van der Waals surface area contributed by atoms with Crippen molar-refractivity contribution in [1.82, 2.24) is 10.2 Å². The summed E-state index contributed by atoms with van der Waals surface area (Å²) in [7, 11) is 0. The number of piperidine rings is 1. The van der Waals surface area contributed by atoms with Gasteiger partial charge in [0.1, 0.15) is 5.75 Å². The van der Waals surface area contributed by atoms with Crippen LogP contribution in [0.3, 0.4) is 0 Å². The van der Waals surface area contributed by atoms with Crippen molar-refractivity contribution in [1.29, 1.82) is 0 Å². The van der Waals surface area contributed by atoms with Crippen molar-refractivity contribution in [3.8, 4) is 5.75 Å². The molecule has 1 aromatic rings. The molecule has 0 saturated carbocycles. The lowest BCUT2D eigenvalue weighted by molar-refractivity contribution is 0.0942. The zero-order valence-electron chi connectivity index (χ0n) is 14.1. The zero-order valence-corrected chi connectivity index (χ0v) is 14.1. The van der Waals surface area contributed by atoms with Crippen molar-refractivity contribution >= 4 is 0 Å². The fourth-order valence-electron chi connectivity index (χ4n) is 3.18. The molecule has 1 aliphatic heterocycles. The largest absolute Gasteiger partial charge is 0.508 e. The number of aromatic hydroxyl groups is 1. The van der Waals surface area contributed by atoms with E-state index >= 15 is 0 Å². The molecule has 1 heterocycles. The van der Waals surface area contributed by atoms with Gasteiger partial charge in [-0.2, -0.15) is 0 Å². The van der Waals surface area contributed by atoms with Crippen LogP contribution in [0.25, 0.3) is 0 Å². The van der Waals surface area contributed by atoms with Crippen LogP contribution in [0.5, 0.6) is 5.75 Å². The third-order valence-electron chi connectivity index (χ3n) is 4.58. The Labute approximate surface area is 129 Å². The predicted octanol–water partition coefficient (Wildman–Crippen LogP) is 3.61. The maximum Gasteiger partial charge on any atom is 0.120 e. The van der Waals surface area contributed by atoms with E-state index in [1.165, 1.54) is 12.8 Å². The van der Waals surface area contributed by atoms with Gasteiger partial charge in [-0.3, -0.25) is 4.90 Å². The van der Waals surface area contributed by atoms with Crippen LogP contribution >= 0.6 is 0 Å². The molecule has 2 N–H and O–H groups in total. The minimum Gasteiger partial charge on any atom is -0.508 e. The second-order valence-corrected chi connectivity index (χ2v) is 7.38. The number of nitrogens with zero attached hydrogens (tertiary/aromatic N) is 1. The van der Waals surface area contributed by atoms with Crippen LogP contribution in [0.15, 0.2) is 18.2 Å². The number of likely N-dealkylation sites (tertiary alicyclic amines) is 1. The Morgan fingerprint density at radius 1 is 1.24 bits per heavy atom. The fraction of sp³-hybridized carbons (Fsp3) is 0.667. The van der Waals surface area contributed by atoms with Gasteiger partial charge in [-0.1, -0.05) is 12.1 Å². The molecular weight excluding hydrogens is 260 g/mol. The Morgan fingerprint density at radius 3 is 2.38 bits per heavy atom. The summed E-state index contributed by atoms with van der Waals surface area (Å²) in [5.41, 5.74) is 2.37. The molecule has 0 spiro atoms. The number of hydrogen-bond donors (Lipinski definition) is 2. The number of benzene rings is 1. The SMILES string of the molecule is Cc1ccc(C(C)NC2CCN(C(C)(C)C)CC2)c(O)c1. The van der Waals surface area contributed by atoms with E-state index in [0.717, 1.165) is 24.2 Å². The van der Waals surface area contributed by atoms with Crippen LogP contribution in [0, 0.1) is 6.92 Å². The molecule has 21 heavy (non-hydrogen) atoms. The van der Waals surface area contributed by atoms with Crippen LogP contribution < -0.4 is 5.32 Å². The topological polar surface area (TPSA) is 35.5 Å². The summed E-state index contributed by atoms with van der Waals surface area (Å²) >= 11 is 0. The summed E-state index contributed by atoms with van der Waals surface area (Å²) in [6.45, 7) is 13.3. The molecular formula is C18H30N2O. The van der Waals surface area contributed by atoms with E-state index in [-0.39, 0.29) is 11.6 Å². The van der Waals surface area contributed by atoms with Gasteiger partial charge in [0.25, 0.3) is 0 Å². The first-order valence-electron chi connectivity index (χ1n) is 8.08. The van der Waals surface area contributed by atoms with Crippen molar-refractivity contribution in [3.63, 3.8) is 0 Å². The number of rotatable bonds is 3. The minimum atomic E-state index is 0.191. The van der Waals surface area contributed by atoms with Gasteiger partial charge in [-0.05, 0) is 59.1 Å². The molecule has 3 heteroatoms. The Balaban J connectivity index is 1.91. The highest BCUT2D eigenvalue weighted by Gasteiger charge is 2.27. The summed E-state index contributed by atoms with van der Waals surface area (Å²) in [6.07, 6.45) is 2.35. The van der Waals surface area contributed by atoms with Crippen molar-refractivity contribution in [2.45, 2.75) is 65.1 Å². The number of hydrogen-bond acceptors (Lipinski definition) is 3. The predicted molar refractivity (Wildman–Crippen MR) is 88.7 cm³/mol. The molecule has 118 valence electrons. The summed E-state index contributed by atoms with van der Waals surface area (Å²) in [5, 5.41) is 13.8. The van der Waals surface area contributed by atoms with Crippen LogP contribution in [0.2, 0.25) is 0 Å². The van der Waals surface area contributed by atoms with E-state index in [4.69, 9.17) is 0 Å². The van der Waals surface area contributed by atoms with Crippen molar-refractivity contribution in [2.24, 2.45) is 0 Å². The number of phenolic OH excluding ortho intramolecular Hbond substituents is 1. The fourth-order valence-corrected chi connectivity index (χ4v) is 3.18. The van der Waals surface area contributed by atoms with Crippen molar-refractivity contribution in [3.05, 3.63) is 29.3 Å². The first-order chi connectivity index (χ1) is 9.77. The molecule has 0 aromatic heterocycles. The van der Waals surface area contributed by atoms with Gasteiger partial charge < -0.3 is 10.4 Å². The molecule has 2 rings (SSSR count). The van der Waals surface area contributed by atoms with E-state index in [0.29, 0.717) is 11.8 Å². The third-order valence-corrected chi connectivity index (χ3v) is 4.58. The Bertz CT molecular complexity index is 471. The molecule has 0 radical (unpaired) electrons. The maximum absolute atomic E-state index is 10.1. The highest BCUT2D eigenvalue weighted by atomic mass is 16.3. The monoisotopic (exact) mass is 290 g/mol. The lowest BCUT2D eigenvalue weighted by Gasteiger charge is -2.41. The van der Waals surface area contributed by atoms with Crippen LogP contribution in [0.1, 0.15) is 57.7 Å². The Hall–Kier alpha value is -1.06. The quantitative estimate of drug-likeness (QED) is 0.892. The molecule has 0 amide bonds. The second-order valence-electron chi connectivity index (χ2n) is 7.38. The summed E-state index contributed by atoms with van der Waals surface area (Å²) in [6, 6.07) is 6.67. The van der Waals surface area contributed by atoms with E-state index in [9.17, 15) is 5.11 Å². The number of nitrogens with one attached hydrogen (secondary N) is 1. The van der Waals surface area contributed by atoms with Crippen LogP contribution in [0.4, 0.5) is 0 Å². The number of phenols is 1. The molecule has 1 unspecified atom stereocenters. The van der Waals surface area contributed by atoms with Crippen LogP contribution in [-0.2, 0) is 0 Å². The van der Waals surface area contributed by atoms with E-state index in [1.807, 2.05) is 19.1 Å². The molecule has 1 aliphatic rings. The van der Waals surface area contributed by atoms with Gasteiger partial charge in [-0.15, -0.1) is 0 Å². The molecule has 1 fully saturated rings. The smallest absolute Gasteiger partial charge is 0.120 e. The molecule has 3 nitrogen and oxygen atoms in total. The highest BCUT2D eigenvalue weighted by Crippen LogP contribution is 2.27. The van der Waals surface area contributed by atoms with Gasteiger partial charge in [-0.25, -0.2) is 0 Å². The lowest BCUT2D eigenvalue weighted by Crippen LogP contribution is -2.50.